The second-order valence-corrected chi connectivity index (χ2v) is 7.18. The minimum atomic E-state index is -0.182. The summed E-state index contributed by atoms with van der Waals surface area (Å²) in [7, 11) is 0. The van der Waals surface area contributed by atoms with Crippen molar-refractivity contribution < 1.29 is 9.18 Å². The van der Waals surface area contributed by atoms with Gasteiger partial charge in [0.1, 0.15) is 5.82 Å². The Morgan fingerprint density at radius 1 is 1.15 bits per heavy atom. The largest absolute Gasteiger partial charge is 0.367 e. The third-order valence-corrected chi connectivity index (χ3v) is 5.01. The molecular weight excluding hydrogens is 343 g/mol. The average molecular weight is 370 g/mol. The van der Waals surface area contributed by atoms with E-state index >= 15 is 0 Å². The summed E-state index contributed by atoms with van der Waals surface area (Å²) in [5, 5.41) is 3.05. The molecule has 144 valence electrons. The molecule has 5 nitrogen and oxygen atoms in total. The Morgan fingerprint density at radius 3 is 2.52 bits per heavy atom. The molecule has 6 heteroatoms. The van der Waals surface area contributed by atoms with Crippen molar-refractivity contribution in [3.8, 4) is 0 Å². The lowest BCUT2D eigenvalue weighted by molar-refractivity contribution is -0.124. The van der Waals surface area contributed by atoms with Crippen LogP contribution in [0.4, 0.5) is 10.1 Å². The van der Waals surface area contributed by atoms with Crippen LogP contribution in [0.3, 0.4) is 0 Å². The Balaban J connectivity index is 1.69. The second kappa shape index (κ2) is 8.95. The van der Waals surface area contributed by atoms with E-state index in [0.717, 1.165) is 31.7 Å². The number of hydrogen-bond acceptors (Lipinski definition) is 4. The highest BCUT2D eigenvalue weighted by atomic mass is 19.1. The minimum absolute atomic E-state index is 0.0440. The summed E-state index contributed by atoms with van der Waals surface area (Å²) < 4.78 is 14.1. The zero-order chi connectivity index (χ0) is 19.2. The Kier molecular flexibility index (Phi) is 6.40. The predicted molar refractivity (Wildman–Crippen MR) is 105 cm³/mol. The van der Waals surface area contributed by atoms with Crippen molar-refractivity contribution in [3.63, 3.8) is 0 Å². The van der Waals surface area contributed by atoms with Gasteiger partial charge in [0.2, 0.25) is 5.91 Å². The van der Waals surface area contributed by atoms with Crippen LogP contribution in [0, 0.1) is 11.7 Å². The molecule has 1 unspecified atom stereocenters. The van der Waals surface area contributed by atoms with Crippen LogP contribution >= 0.6 is 0 Å². The maximum atomic E-state index is 14.1. The summed E-state index contributed by atoms with van der Waals surface area (Å²) in [4.78, 5) is 20.7. The van der Waals surface area contributed by atoms with Crippen molar-refractivity contribution in [1.29, 1.82) is 0 Å². The van der Waals surface area contributed by atoms with Gasteiger partial charge in [-0.2, -0.15) is 0 Å². The van der Waals surface area contributed by atoms with Gasteiger partial charge in [0.25, 0.3) is 0 Å². The number of anilines is 1. The van der Waals surface area contributed by atoms with Gasteiger partial charge in [0.05, 0.1) is 11.7 Å². The summed E-state index contributed by atoms with van der Waals surface area (Å²) in [5.41, 5.74) is 1.74. The van der Waals surface area contributed by atoms with Crippen molar-refractivity contribution in [2.45, 2.75) is 19.9 Å². The fourth-order valence-electron chi connectivity index (χ4n) is 3.41. The number of pyridine rings is 1. The first-order valence-electron chi connectivity index (χ1n) is 9.47. The zero-order valence-corrected chi connectivity index (χ0v) is 15.9. The molecule has 1 aliphatic heterocycles. The molecule has 1 amide bonds. The molecule has 2 aromatic rings. The molecule has 3 rings (SSSR count). The van der Waals surface area contributed by atoms with E-state index in [1.54, 1.807) is 12.3 Å². The van der Waals surface area contributed by atoms with Crippen LogP contribution in [-0.4, -0.2) is 48.5 Å². The molecule has 2 heterocycles. The SMILES string of the molecule is CC(C)C(=O)NCC(c1cccnc1)N1CCN(c2ccccc2F)CC1. The molecule has 0 saturated carbocycles. The maximum Gasteiger partial charge on any atom is 0.222 e. The number of benzene rings is 1. The van der Waals surface area contributed by atoms with Gasteiger partial charge in [-0.1, -0.05) is 32.0 Å². The molecule has 1 aliphatic rings. The van der Waals surface area contributed by atoms with Crippen molar-refractivity contribution in [3.05, 3.63) is 60.2 Å². The highest BCUT2D eigenvalue weighted by Crippen LogP contribution is 2.25. The van der Waals surface area contributed by atoms with Crippen LogP contribution in [0.5, 0.6) is 0 Å². The number of carbonyl (C=O) groups is 1. The minimum Gasteiger partial charge on any atom is -0.367 e. The summed E-state index contributed by atoms with van der Waals surface area (Å²) in [6.45, 7) is 7.41. The Labute approximate surface area is 160 Å². The number of carbonyl (C=O) groups excluding carboxylic acids is 1. The molecule has 1 atom stereocenters. The summed E-state index contributed by atoms with van der Waals surface area (Å²) in [6.07, 6.45) is 3.61. The standard InChI is InChI=1S/C21H27FN4O/c1-16(2)21(27)24-15-20(17-6-5-9-23-14-17)26-12-10-25(11-13-26)19-8-4-3-7-18(19)22/h3-9,14,16,20H,10-13,15H2,1-2H3,(H,24,27). The number of piperazine rings is 1. The molecule has 1 saturated heterocycles. The first kappa shape index (κ1) is 19.3. The lowest BCUT2D eigenvalue weighted by Crippen LogP contribution is -2.50. The van der Waals surface area contributed by atoms with Gasteiger partial charge in [-0.05, 0) is 23.8 Å². The summed E-state index contributed by atoms with van der Waals surface area (Å²) in [6, 6.07) is 10.9. The molecule has 1 aromatic heterocycles. The lowest BCUT2D eigenvalue weighted by Gasteiger charge is -2.40. The average Bonchev–Trinajstić information content (AvgIpc) is 2.69. The Bertz CT molecular complexity index is 745. The summed E-state index contributed by atoms with van der Waals surface area (Å²) in [5.74, 6) is -0.176. The first-order chi connectivity index (χ1) is 13.1. The number of halogens is 1. The van der Waals surface area contributed by atoms with Crippen LogP contribution in [0.25, 0.3) is 0 Å². The molecule has 0 spiro atoms. The van der Waals surface area contributed by atoms with Crippen molar-refractivity contribution in [2.24, 2.45) is 5.92 Å². The van der Waals surface area contributed by atoms with Gasteiger partial charge >= 0.3 is 0 Å². The van der Waals surface area contributed by atoms with Crippen LogP contribution in [0.2, 0.25) is 0 Å². The number of rotatable bonds is 6. The predicted octanol–water partition coefficient (Wildman–Crippen LogP) is 2.86. The molecule has 0 bridgehead atoms. The number of aromatic nitrogens is 1. The highest BCUT2D eigenvalue weighted by molar-refractivity contribution is 5.77. The van der Waals surface area contributed by atoms with Crippen molar-refractivity contribution >= 4 is 11.6 Å². The molecule has 1 N–H and O–H groups in total. The van der Waals surface area contributed by atoms with Crippen LogP contribution in [-0.2, 0) is 4.79 Å². The molecule has 0 radical (unpaired) electrons. The van der Waals surface area contributed by atoms with Gasteiger partial charge in [-0.3, -0.25) is 14.7 Å². The van der Waals surface area contributed by atoms with Crippen molar-refractivity contribution in [1.82, 2.24) is 15.2 Å². The van der Waals surface area contributed by atoms with Gasteiger partial charge in [-0.15, -0.1) is 0 Å². The number of para-hydroxylation sites is 1. The van der Waals surface area contributed by atoms with Gasteiger partial charge in [0.15, 0.2) is 0 Å². The van der Waals surface area contributed by atoms with Crippen molar-refractivity contribution in [2.75, 3.05) is 37.6 Å². The number of nitrogens with one attached hydrogen (secondary N) is 1. The molecule has 1 aromatic carbocycles. The molecular formula is C21H27FN4O. The van der Waals surface area contributed by atoms with Crippen LogP contribution in [0.1, 0.15) is 25.5 Å². The van der Waals surface area contributed by atoms with E-state index in [9.17, 15) is 9.18 Å². The fourth-order valence-corrected chi connectivity index (χ4v) is 3.41. The second-order valence-electron chi connectivity index (χ2n) is 7.18. The Morgan fingerprint density at radius 2 is 1.89 bits per heavy atom. The smallest absolute Gasteiger partial charge is 0.222 e. The van der Waals surface area contributed by atoms with E-state index in [1.807, 2.05) is 44.3 Å². The zero-order valence-electron chi connectivity index (χ0n) is 15.9. The van der Waals surface area contributed by atoms with E-state index in [2.05, 4.69) is 20.1 Å². The fraction of sp³-hybridized carbons (Fsp3) is 0.429. The number of amides is 1. The van der Waals surface area contributed by atoms with E-state index in [1.165, 1.54) is 6.07 Å². The van der Waals surface area contributed by atoms with Gasteiger partial charge in [0, 0.05) is 51.0 Å². The van der Waals surface area contributed by atoms with Crippen LogP contribution < -0.4 is 10.2 Å². The van der Waals surface area contributed by atoms with Crippen LogP contribution in [0.15, 0.2) is 48.8 Å². The van der Waals surface area contributed by atoms with E-state index in [4.69, 9.17) is 0 Å². The lowest BCUT2D eigenvalue weighted by atomic mass is 10.1. The van der Waals surface area contributed by atoms with E-state index in [-0.39, 0.29) is 23.7 Å². The molecule has 27 heavy (non-hydrogen) atoms. The molecule has 0 aliphatic carbocycles. The topological polar surface area (TPSA) is 48.5 Å². The summed E-state index contributed by atoms with van der Waals surface area (Å²) >= 11 is 0. The quantitative estimate of drug-likeness (QED) is 0.850. The number of nitrogens with zero attached hydrogens (tertiary/aromatic N) is 3. The number of hydrogen-bond donors (Lipinski definition) is 1. The van der Waals surface area contributed by atoms with Gasteiger partial charge < -0.3 is 10.2 Å². The van der Waals surface area contributed by atoms with Gasteiger partial charge in [-0.25, -0.2) is 4.39 Å². The molecule has 1 fully saturated rings. The first-order valence-corrected chi connectivity index (χ1v) is 9.47. The van der Waals surface area contributed by atoms with E-state index in [0.29, 0.717) is 12.2 Å². The third kappa shape index (κ3) is 4.83. The highest BCUT2D eigenvalue weighted by Gasteiger charge is 2.26. The maximum absolute atomic E-state index is 14.1. The third-order valence-electron chi connectivity index (χ3n) is 5.01. The Hall–Kier alpha value is -2.47. The van der Waals surface area contributed by atoms with E-state index < -0.39 is 0 Å². The monoisotopic (exact) mass is 370 g/mol. The normalized spacial score (nSPS) is 16.4.